The Morgan fingerprint density at radius 3 is 3.11 bits per heavy atom. The summed E-state index contributed by atoms with van der Waals surface area (Å²) in [5.41, 5.74) is 3.03. The van der Waals surface area contributed by atoms with Gasteiger partial charge in [0.15, 0.2) is 0 Å². The van der Waals surface area contributed by atoms with Crippen molar-refractivity contribution in [1.82, 2.24) is 0 Å². The van der Waals surface area contributed by atoms with Crippen LogP contribution in [0, 0.1) is 11.3 Å². The van der Waals surface area contributed by atoms with Crippen molar-refractivity contribution in [3.8, 4) is 6.07 Å². The van der Waals surface area contributed by atoms with E-state index in [-0.39, 0.29) is 5.97 Å². The van der Waals surface area contributed by atoms with Gasteiger partial charge in [0.25, 0.3) is 0 Å². The first-order chi connectivity index (χ1) is 8.74. The number of anilines is 1. The molecule has 0 fully saturated rings. The first-order valence-corrected chi connectivity index (χ1v) is 6.18. The average molecular weight is 244 g/mol. The molecule has 1 aromatic rings. The third-order valence-electron chi connectivity index (χ3n) is 3.09. The molecule has 0 spiro atoms. The Labute approximate surface area is 107 Å². The smallest absolute Gasteiger partial charge is 0.307 e. The van der Waals surface area contributed by atoms with Gasteiger partial charge in [-0.1, -0.05) is 0 Å². The Hall–Kier alpha value is -2.02. The zero-order valence-corrected chi connectivity index (χ0v) is 10.5. The van der Waals surface area contributed by atoms with E-state index < -0.39 is 0 Å². The molecule has 0 saturated heterocycles. The topological polar surface area (TPSA) is 53.3 Å². The largest absolute Gasteiger partial charge is 0.466 e. The lowest BCUT2D eigenvalue weighted by Crippen LogP contribution is -2.24. The second-order valence-electron chi connectivity index (χ2n) is 4.25. The molecule has 0 atom stereocenters. The number of hydrogen-bond acceptors (Lipinski definition) is 4. The Bertz CT molecular complexity index is 491. The standard InChI is InChI=1S/C14H16N2O2/c1-2-18-14(17)6-8-16-7-5-12-9-11(10-15)3-4-13(12)16/h3-4,9H,2,5-8H2,1H3. The molecule has 1 aliphatic heterocycles. The van der Waals surface area contributed by atoms with Crippen LogP contribution in [0.15, 0.2) is 18.2 Å². The second-order valence-corrected chi connectivity index (χ2v) is 4.25. The molecule has 1 aromatic carbocycles. The van der Waals surface area contributed by atoms with Gasteiger partial charge in [-0.3, -0.25) is 4.79 Å². The summed E-state index contributed by atoms with van der Waals surface area (Å²) in [7, 11) is 0. The van der Waals surface area contributed by atoms with Crippen LogP contribution in [0.5, 0.6) is 0 Å². The Morgan fingerprint density at radius 2 is 2.39 bits per heavy atom. The van der Waals surface area contributed by atoms with E-state index in [1.165, 1.54) is 5.56 Å². The van der Waals surface area contributed by atoms with Crippen molar-refractivity contribution in [2.24, 2.45) is 0 Å². The van der Waals surface area contributed by atoms with E-state index in [9.17, 15) is 4.79 Å². The molecule has 94 valence electrons. The van der Waals surface area contributed by atoms with Crippen LogP contribution in [0.1, 0.15) is 24.5 Å². The highest BCUT2D eigenvalue weighted by Gasteiger charge is 2.19. The van der Waals surface area contributed by atoms with E-state index in [0.29, 0.717) is 25.1 Å². The number of nitriles is 1. The number of fused-ring (bicyclic) bond motifs is 1. The molecule has 4 heteroatoms. The number of carbonyl (C=O) groups is 1. The summed E-state index contributed by atoms with van der Waals surface area (Å²) in [5.74, 6) is -0.153. The van der Waals surface area contributed by atoms with E-state index in [1.807, 2.05) is 25.1 Å². The summed E-state index contributed by atoms with van der Waals surface area (Å²) in [6.07, 6.45) is 1.35. The van der Waals surface area contributed by atoms with Crippen LogP contribution in [-0.2, 0) is 16.0 Å². The Kier molecular flexibility index (Phi) is 3.83. The molecule has 0 bridgehead atoms. The summed E-state index contributed by atoms with van der Waals surface area (Å²) in [6, 6.07) is 7.86. The first kappa shape index (κ1) is 12.4. The second kappa shape index (κ2) is 5.54. The summed E-state index contributed by atoms with van der Waals surface area (Å²) >= 11 is 0. The van der Waals surface area contributed by atoms with Crippen LogP contribution in [-0.4, -0.2) is 25.7 Å². The van der Waals surface area contributed by atoms with Gasteiger partial charge in [-0.25, -0.2) is 0 Å². The molecule has 0 aromatic heterocycles. The summed E-state index contributed by atoms with van der Waals surface area (Å²) in [6.45, 7) is 3.83. The van der Waals surface area contributed by atoms with Crippen molar-refractivity contribution in [3.05, 3.63) is 29.3 Å². The van der Waals surface area contributed by atoms with E-state index in [2.05, 4.69) is 11.0 Å². The molecule has 1 aliphatic rings. The van der Waals surface area contributed by atoms with Gasteiger partial charge in [-0.2, -0.15) is 5.26 Å². The molecule has 2 rings (SSSR count). The maximum Gasteiger partial charge on any atom is 0.307 e. The quantitative estimate of drug-likeness (QED) is 0.759. The molecule has 4 nitrogen and oxygen atoms in total. The van der Waals surface area contributed by atoms with E-state index in [1.54, 1.807) is 0 Å². The number of ether oxygens (including phenoxy) is 1. The summed E-state index contributed by atoms with van der Waals surface area (Å²) in [5, 5.41) is 8.85. The van der Waals surface area contributed by atoms with Gasteiger partial charge >= 0.3 is 5.97 Å². The third kappa shape index (κ3) is 2.62. The van der Waals surface area contributed by atoms with Crippen molar-refractivity contribution in [1.29, 1.82) is 5.26 Å². The highest BCUT2D eigenvalue weighted by Crippen LogP contribution is 2.28. The van der Waals surface area contributed by atoms with Gasteiger partial charge in [0.1, 0.15) is 0 Å². The van der Waals surface area contributed by atoms with Crippen LogP contribution in [0.2, 0.25) is 0 Å². The highest BCUT2D eigenvalue weighted by molar-refractivity contribution is 5.70. The lowest BCUT2D eigenvalue weighted by atomic mass is 10.1. The number of nitrogens with zero attached hydrogens (tertiary/aromatic N) is 2. The van der Waals surface area contributed by atoms with Crippen molar-refractivity contribution in [3.63, 3.8) is 0 Å². The first-order valence-electron chi connectivity index (χ1n) is 6.18. The molecule has 0 saturated carbocycles. The van der Waals surface area contributed by atoms with Gasteiger partial charge < -0.3 is 9.64 Å². The molecule has 0 amide bonds. The minimum atomic E-state index is -0.153. The summed E-state index contributed by atoms with van der Waals surface area (Å²) in [4.78, 5) is 13.5. The SMILES string of the molecule is CCOC(=O)CCN1CCc2cc(C#N)ccc21. The Balaban J connectivity index is 1.99. The predicted octanol–water partition coefficient (Wildman–Crippen LogP) is 1.87. The van der Waals surface area contributed by atoms with E-state index in [0.717, 1.165) is 18.7 Å². The number of hydrogen-bond donors (Lipinski definition) is 0. The summed E-state index contributed by atoms with van der Waals surface area (Å²) < 4.78 is 4.92. The Morgan fingerprint density at radius 1 is 1.56 bits per heavy atom. The molecule has 0 aliphatic carbocycles. The van der Waals surface area contributed by atoms with Gasteiger partial charge in [-0.05, 0) is 37.1 Å². The lowest BCUT2D eigenvalue weighted by Gasteiger charge is -2.18. The lowest BCUT2D eigenvalue weighted by molar-refractivity contribution is -0.142. The maximum atomic E-state index is 11.3. The predicted molar refractivity (Wildman–Crippen MR) is 68.3 cm³/mol. The van der Waals surface area contributed by atoms with Gasteiger partial charge in [-0.15, -0.1) is 0 Å². The number of carbonyl (C=O) groups excluding carboxylic acids is 1. The van der Waals surface area contributed by atoms with Gasteiger partial charge in [0.2, 0.25) is 0 Å². The van der Waals surface area contributed by atoms with E-state index in [4.69, 9.17) is 10.00 Å². The van der Waals surface area contributed by atoms with Crippen molar-refractivity contribution in [2.45, 2.75) is 19.8 Å². The van der Waals surface area contributed by atoms with Gasteiger partial charge in [0, 0.05) is 18.8 Å². The fourth-order valence-electron chi connectivity index (χ4n) is 2.23. The fourth-order valence-corrected chi connectivity index (χ4v) is 2.23. The van der Waals surface area contributed by atoms with E-state index >= 15 is 0 Å². The van der Waals surface area contributed by atoms with Crippen molar-refractivity contribution in [2.75, 3.05) is 24.6 Å². The van der Waals surface area contributed by atoms with Crippen molar-refractivity contribution >= 4 is 11.7 Å². The average Bonchev–Trinajstić information content (AvgIpc) is 2.78. The van der Waals surface area contributed by atoms with Crippen LogP contribution < -0.4 is 4.90 Å². The maximum absolute atomic E-state index is 11.3. The zero-order chi connectivity index (χ0) is 13.0. The monoisotopic (exact) mass is 244 g/mol. The van der Waals surface area contributed by atoms with Crippen LogP contribution in [0.25, 0.3) is 0 Å². The minimum Gasteiger partial charge on any atom is -0.466 e. The molecular weight excluding hydrogens is 228 g/mol. The van der Waals surface area contributed by atoms with Crippen LogP contribution in [0.3, 0.4) is 0 Å². The van der Waals surface area contributed by atoms with Crippen molar-refractivity contribution < 1.29 is 9.53 Å². The molecule has 0 N–H and O–H groups in total. The fraction of sp³-hybridized carbons (Fsp3) is 0.429. The zero-order valence-electron chi connectivity index (χ0n) is 10.5. The number of esters is 1. The molecule has 0 unspecified atom stereocenters. The van der Waals surface area contributed by atoms with Crippen LogP contribution in [0.4, 0.5) is 5.69 Å². The van der Waals surface area contributed by atoms with Gasteiger partial charge in [0.05, 0.1) is 24.7 Å². The number of benzene rings is 1. The molecular formula is C14H16N2O2. The number of rotatable bonds is 4. The normalized spacial score (nSPS) is 13.0. The minimum absolute atomic E-state index is 0.153. The molecule has 18 heavy (non-hydrogen) atoms. The third-order valence-corrected chi connectivity index (χ3v) is 3.09. The highest BCUT2D eigenvalue weighted by atomic mass is 16.5. The molecule has 1 heterocycles. The molecule has 0 radical (unpaired) electrons. The van der Waals surface area contributed by atoms with Crippen LogP contribution >= 0.6 is 0 Å².